The Morgan fingerprint density at radius 3 is 1.95 bits per heavy atom. The van der Waals surface area contributed by atoms with Crippen LogP contribution in [0.3, 0.4) is 0 Å². The number of rotatable bonds is 1. The molecule has 0 unspecified atom stereocenters. The monoisotopic (exact) mass is 251 g/mol. The Morgan fingerprint density at radius 1 is 0.789 bits per heavy atom. The number of amides is 2. The fourth-order valence-electron chi connectivity index (χ4n) is 2.39. The third kappa shape index (κ3) is 1.58. The van der Waals surface area contributed by atoms with E-state index in [1.165, 1.54) is 4.90 Å². The summed E-state index contributed by atoms with van der Waals surface area (Å²) in [6.45, 7) is 3.89. The molecule has 2 aromatic rings. The number of hydrogen-bond acceptors (Lipinski definition) is 2. The minimum Gasteiger partial charge on any atom is -0.268 e. The van der Waals surface area contributed by atoms with Crippen LogP contribution in [0.25, 0.3) is 0 Å². The summed E-state index contributed by atoms with van der Waals surface area (Å²) in [5, 5.41) is 0. The molecule has 1 aliphatic rings. The lowest BCUT2D eigenvalue weighted by Gasteiger charge is -2.17. The maximum atomic E-state index is 12.4. The lowest BCUT2D eigenvalue weighted by Crippen LogP contribution is -2.30. The molecule has 0 saturated heterocycles. The van der Waals surface area contributed by atoms with Crippen molar-refractivity contribution in [1.82, 2.24) is 0 Å². The number of benzene rings is 2. The largest absolute Gasteiger partial charge is 0.268 e. The normalized spacial score (nSPS) is 13.9. The first-order valence-electron chi connectivity index (χ1n) is 6.15. The molecule has 0 saturated carbocycles. The highest BCUT2D eigenvalue weighted by atomic mass is 16.2. The van der Waals surface area contributed by atoms with Crippen LogP contribution in [0.5, 0.6) is 0 Å². The number of hydrogen-bond donors (Lipinski definition) is 0. The van der Waals surface area contributed by atoms with Crippen molar-refractivity contribution in [2.24, 2.45) is 0 Å². The number of nitrogens with zero attached hydrogens (tertiary/aromatic N) is 1. The topological polar surface area (TPSA) is 37.4 Å². The SMILES string of the molecule is Cc1cccc(N2C(=O)c3ccccc3C2=O)c1C. The second-order valence-corrected chi connectivity index (χ2v) is 4.71. The van der Waals surface area contributed by atoms with Crippen molar-refractivity contribution in [2.75, 3.05) is 4.90 Å². The molecule has 3 rings (SSSR count). The molecule has 0 aliphatic carbocycles. The van der Waals surface area contributed by atoms with Crippen LogP contribution >= 0.6 is 0 Å². The number of carbonyl (C=O) groups is 2. The minimum absolute atomic E-state index is 0.241. The molecule has 0 aromatic heterocycles. The summed E-state index contributed by atoms with van der Waals surface area (Å²) >= 11 is 0. The van der Waals surface area contributed by atoms with Crippen LogP contribution in [-0.4, -0.2) is 11.8 Å². The summed E-state index contributed by atoms with van der Waals surface area (Å²) in [6.07, 6.45) is 0. The molecule has 0 spiro atoms. The van der Waals surface area contributed by atoms with Gasteiger partial charge in [-0.3, -0.25) is 9.59 Å². The fourth-order valence-corrected chi connectivity index (χ4v) is 2.39. The van der Waals surface area contributed by atoms with Gasteiger partial charge in [-0.15, -0.1) is 0 Å². The van der Waals surface area contributed by atoms with Gasteiger partial charge in [0, 0.05) is 0 Å². The van der Waals surface area contributed by atoms with Gasteiger partial charge in [0.1, 0.15) is 0 Å². The highest BCUT2D eigenvalue weighted by Crippen LogP contribution is 2.31. The van der Waals surface area contributed by atoms with E-state index in [9.17, 15) is 9.59 Å². The zero-order valence-electron chi connectivity index (χ0n) is 10.8. The quantitative estimate of drug-likeness (QED) is 0.730. The van der Waals surface area contributed by atoms with Crippen LogP contribution in [0.4, 0.5) is 5.69 Å². The molecule has 0 atom stereocenters. The van der Waals surface area contributed by atoms with E-state index in [-0.39, 0.29) is 11.8 Å². The van der Waals surface area contributed by atoms with Crippen molar-refractivity contribution in [2.45, 2.75) is 13.8 Å². The molecule has 2 amide bonds. The first-order chi connectivity index (χ1) is 9.11. The van der Waals surface area contributed by atoms with Crippen molar-refractivity contribution in [3.63, 3.8) is 0 Å². The average molecular weight is 251 g/mol. The molecule has 0 fully saturated rings. The summed E-state index contributed by atoms with van der Waals surface area (Å²) in [5.74, 6) is -0.483. The Kier molecular flexibility index (Phi) is 2.49. The van der Waals surface area contributed by atoms with Crippen molar-refractivity contribution < 1.29 is 9.59 Å². The van der Waals surface area contributed by atoms with Crippen LogP contribution in [0.2, 0.25) is 0 Å². The maximum Gasteiger partial charge on any atom is 0.266 e. The van der Waals surface area contributed by atoms with Crippen LogP contribution in [-0.2, 0) is 0 Å². The smallest absolute Gasteiger partial charge is 0.266 e. The maximum absolute atomic E-state index is 12.4. The van der Waals surface area contributed by atoms with Crippen molar-refractivity contribution in [3.8, 4) is 0 Å². The van der Waals surface area contributed by atoms with E-state index in [0.29, 0.717) is 16.8 Å². The minimum atomic E-state index is -0.241. The van der Waals surface area contributed by atoms with Crippen LogP contribution < -0.4 is 4.90 Å². The van der Waals surface area contributed by atoms with Crippen LogP contribution in [0.15, 0.2) is 42.5 Å². The molecular formula is C16H13NO2. The van der Waals surface area contributed by atoms with E-state index in [2.05, 4.69) is 0 Å². The van der Waals surface area contributed by atoms with Crippen molar-refractivity contribution >= 4 is 17.5 Å². The molecule has 3 nitrogen and oxygen atoms in total. The van der Waals surface area contributed by atoms with Crippen molar-refractivity contribution in [1.29, 1.82) is 0 Å². The number of imide groups is 1. The Bertz CT molecular complexity index is 669. The van der Waals surface area contributed by atoms with Gasteiger partial charge in [0.15, 0.2) is 0 Å². The van der Waals surface area contributed by atoms with E-state index >= 15 is 0 Å². The standard InChI is InChI=1S/C16H13NO2/c1-10-6-5-9-14(11(10)2)17-15(18)12-7-3-4-8-13(12)16(17)19/h3-9H,1-2H3. The zero-order valence-corrected chi connectivity index (χ0v) is 10.8. The number of carbonyl (C=O) groups excluding carboxylic acids is 2. The lowest BCUT2D eigenvalue weighted by molar-refractivity contribution is 0.0926. The van der Waals surface area contributed by atoms with Gasteiger partial charge in [-0.1, -0.05) is 24.3 Å². The summed E-state index contributed by atoms with van der Waals surface area (Å²) in [6, 6.07) is 12.6. The molecule has 1 aliphatic heterocycles. The van der Waals surface area contributed by atoms with Gasteiger partial charge in [0.2, 0.25) is 0 Å². The second kappa shape index (κ2) is 4.05. The first kappa shape index (κ1) is 11.7. The Morgan fingerprint density at radius 2 is 1.37 bits per heavy atom. The third-order valence-corrected chi connectivity index (χ3v) is 3.61. The molecule has 3 heteroatoms. The van der Waals surface area contributed by atoms with Gasteiger partial charge in [-0.25, -0.2) is 4.90 Å². The van der Waals surface area contributed by atoms with Gasteiger partial charge in [0.05, 0.1) is 16.8 Å². The molecule has 0 N–H and O–H groups in total. The van der Waals surface area contributed by atoms with E-state index in [0.717, 1.165) is 11.1 Å². The zero-order chi connectivity index (χ0) is 13.6. The van der Waals surface area contributed by atoms with Gasteiger partial charge >= 0.3 is 0 Å². The fraction of sp³-hybridized carbons (Fsp3) is 0.125. The van der Waals surface area contributed by atoms with E-state index in [1.54, 1.807) is 24.3 Å². The van der Waals surface area contributed by atoms with Gasteiger partial charge in [-0.05, 0) is 43.2 Å². The molecule has 0 radical (unpaired) electrons. The molecule has 0 bridgehead atoms. The van der Waals surface area contributed by atoms with Crippen LogP contribution in [0, 0.1) is 13.8 Å². The lowest BCUT2D eigenvalue weighted by atomic mass is 10.1. The summed E-state index contributed by atoms with van der Waals surface area (Å²) in [7, 11) is 0. The number of fused-ring (bicyclic) bond motifs is 1. The molecular weight excluding hydrogens is 238 g/mol. The Balaban J connectivity index is 2.17. The summed E-state index contributed by atoms with van der Waals surface area (Å²) < 4.78 is 0. The molecule has 94 valence electrons. The van der Waals surface area contributed by atoms with Gasteiger partial charge < -0.3 is 0 Å². The number of anilines is 1. The van der Waals surface area contributed by atoms with Crippen LogP contribution in [0.1, 0.15) is 31.8 Å². The highest BCUT2D eigenvalue weighted by Gasteiger charge is 2.36. The number of aryl methyl sites for hydroxylation is 1. The highest BCUT2D eigenvalue weighted by molar-refractivity contribution is 6.34. The first-order valence-corrected chi connectivity index (χ1v) is 6.15. The predicted molar refractivity (Wildman–Crippen MR) is 73.5 cm³/mol. The van der Waals surface area contributed by atoms with E-state index < -0.39 is 0 Å². The summed E-state index contributed by atoms with van der Waals surface area (Å²) in [4.78, 5) is 26.0. The Labute approximate surface area is 111 Å². The third-order valence-electron chi connectivity index (χ3n) is 3.61. The second-order valence-electron chi connectivity index (χ2n) is 4.71. The molecule has 1 heterocycles. The average Bonchev–Trinajstić information content (AvgIpc) is 2.67. The molecule has 19 heavy (non-hydrogen) atoms. The summed E-state index contributed by atoms with van der Waals surface area (Å²) in [5.41, 5.74) is 3.65. The molecule has 2 aromatic carbocycles. The van der Waals surface area contributed by atoms with Gasteiger partial charge in [0.25, 0.3) is 11.8 Å². The van der Waals surface area contributed by atoms with E-state index in [4.69, 9.17) is 0 Å². The van der Waals surface area contributed by atoms with Gasteiger partial charge in [-0.2, -0.15) is 0 Å². The predicted octanol–water partition coefficient (Wildman–Crippen LogP) is 3.10. The Hall–Kier alpha value is -2.42. The van der Waals surface area contributed by atoms with Crippen molar-refractivity contribution in [3.05, 3.63) is 64.7 Å². The van der Waals surface area contributed by atoms with E-state index in [1.807, 2.05) is 32.0 Å².